The monoisotopic (exact) mass is 345 g/mol. The molecule has 0 unspecified atom stereocenters. The molecule has 0 saturated carbocycles. The van der Waals surface area contributed by atoms with Gasteiger partial charge in [-0.1, -0.05) is 0 Å². The lowest BCUT2D eigenvalue weighted by Gasteiger charge is -2.33. The summed E-state index contributed by atoms with van der Waals surface area (Å²) < 4.78 is 5.43. The van der Waals surface area contributed by atoms with Crippen LogP contribution in [-0.2, 0) is 0 Å². The van der Waals surface area contributed by atoms with Crippen LogP contribution in [0.15, 0.2) is 22.8 Å². The van der Waals surface area contributed by atoms with E-state index in [4.69, 9.17) is 4.42 Å². The quantitative estimate of drug-likeness (QED) is 0.855. The number of likely N-dealkylation sites (N-methyl/N-ethyl adjacent to an activating group) is 1. The minimum absolute atomic E-state index is 0.0874. The number of nitrogens with zero attached hydrogens (tertiary/aromatic N) is 3. The van der Waals surface area contributed by atoms with Gasteiger partial charge in [-0.15, -0.1) is 11.3 Å². The molecule has 2 fully saturated rings. The van der Waals surface area contributed by atoms with Gasteiger partial charge in [0.05, 0.1) is 6.26 Å². The highest BCUT2D eigenvalue weighted by atomic mass is 32.1. The predicted octanol–water partition coefficient (Wildman–Crippen LogP) is 3.41. The van der Waals surface area contributed by atoms with E-state index in [1.54, 1.807) is 6.26 Å². The van der Waals surface area contributed by atoms with Crippen molar-refractivity contribution in [2.45, 2.75) is 44.7 Å². The molecule has 2 saturated heterocycles. The maximum absolute atomic E-state index is 13.1. The summed E-state index contributed by atoms with van der Waals surface area (Å²) in [6.07, 6.45) is 6.26. The second kappa shape index (κ2) is 6.33. The van der Waals surface area contributed by atoms with Crippen LogP contribution >= 0.6 is 11.3 Å². The summed E-state index contributed by atoms with van der Waals surface area (Å²) >= 11 is 1.53. The zero-order chi connectivity index (χ0) is 16.7. The van der Waals surface area contributed by atoms with Crippen LogP contribution < -0.4 is 0 Å². The molecule has 2 aromatic heterocycles. The summed E-state index contributed by atoms with van der Waals surface area (Å²) in [7, 11) is 2.18. The normalized spacial score (nSPS) is 24.8. The summed E-state index contributed by atoms with van der Waals surface area (Å²) in [4.78, 5) is 23.2. The lowest BCUT2D eigenvalue weighted by Crippen LogP contribution is -2.47. The molecule has 0 aliphatic carbocycles. The van der Waals surface area contributed by atoms with Crippen molar-refractivity contribution in [2.75, 3.05) is 20.1 Å². The Hall–Kier alpha value is -1.66. The van der Waals surface area contributed by atoms with Gasteiger partial charge >= 0.3 is 0 Å². The largest absolute Gasteiger partial charge is 0.462 e. The van der Waals surface area contributed by atoms with E-state index in [2.05, 4.69) is 21.8 Å². The van der Waals surface area contributed by atoms with Crippen LogP contribution in [-0.4, -0.2) is 52.9 Å². The number of carbonyl (C=O) groups excluding carboxylic acids is 1. The maximum atomic E-state index is 13.1. The van der Waals surface area contributed by atoms with E-state index >= 15 is 0 Å². The highest BCUT2D eigenvalue weighted by Crippen LogP contribution is 2.33. The minimum Gasteiger partial charge on any atom is -0.462 e. The van der Waals surface area contributed by atoms with Gasteiger partial charge in [0, 0.05) is 23.5 Å². The van der Waals surface area contributed by atoms with Crippen molar-refractivity contribution in [3.63, 3.8) is 0 Å². The highest BCUT2D eigenvalue weighted by molar-refractivity contribution is 7.15. The van der Waals surface area contributed by atoms with Crippen LogP contribution in [0.3, 0.4) is 0 Å². The molecule has 128 valence electrons. The summed E-state index contributed by atoms with van der Waals surface area (Å²) in [6, 6.07) is 4.57. The van der Waals surface area contributed by atoms with Gasteiger partial charge in [0.2, 0.25) is 0 Å². The average Bonchev–Trinajstić information content (AvgIpc) is 3.33. The van der Waals surface area contributed by atoms with E-state index in [0.717, 1.165) is 41.6 Å². The number of carbonyl (C=O) groups is 1. The fraction of sp³-hybridized carbons (Fsp3) is 0.556. The Bertz CT molecular complexity index is 725. The Labute approximate surface area is 146 Å². The number of rotatable bonds is 3. The van der Waals surface area contributed by atoms with Gasteiger partial charge in [-0.25, -0.2) is 4.98 Å². The molecule has 1 amide bonds. The molecule has 2 atom stereocenters. The molecule has 4 heterocycles. The second-order valence-corrected chi connectivity index (χ2v) is 8.00. The zero-order valence-electron chi connectivity index (χ0n) is 14.2. The van der Waals surface area contributed by atoms with Crippen LogP contribution in [0, 0.1) is 6.92 Å². The van der Waals surface area contributed by atoms with E-state index in [-0.39, 0.29) is 5.91 Å². The van der Waals surface area contributed by atoms with Crippen molar-refractivity contribution in [1.29, 1.82) is 0 Å². The molecular formula is C18H23N3O2S. The molecule has 0 bridgehead atoms. The number of likely N-dealkylation sites (tertiary alicyclic amines) is 2. The molecule has 24 heavy (non-hydrogen) atoms. The van der Waals surface area contributed by atoms with Crippen LogP contribution in [0.5, 0.6) is 0 Å². The smallest absolute Gasteiger partial charge is 0.273 e. The molecule has 6 heteroatoms. The fourth-order valence-corrected chi connectivity index (χ4v) is 4.98. The van der Waals surface area contributed by atoms with E-state index in [1.807, 2.05) is 19.1 Å². The minimum atomic E-state index is 0.0874. The van der Waals surface area contributed by atoms with Crippen LogP contribution in [0.2, 0.25) is 0 Å². The van der Waals surface area contributed by atoms with Gasteiger partial charge in [0.25, 0.3) is 5.91 Å². The first-order valence-corrected chi connectivity index (χ1v) is 9.49. The topological polar surface area (TPSA) is 49.6 Å². The van der Waals surface area contributed by atoms with Crippen molar-refractivity contribution in [1.82, 2.24) is 14.8 Å². The molecule has 0 spiro atoms. The number of furan rings is 1. The average molecular weight is 345 g/mol. The van der Waals surface area contributed by atoms with E-state index in [9.17, 15) is 4.79 Å². The summed E-state index contributed by atoms with van der Waals surface area (Å²) in [5.74, 6) is 0.819. The molecule has 5 nitrogen and oxygen atoms in total. The lowest BCUT2D eigenvalue weighted by molar-refractivity contribution is 0.0658. The Morgan fingerprint density at radius 3 is 2.79 bits per heavy atom. The van der Waals surface area contributed by atoms with E-state index in [1.165, 1.54) is 24.2 Å². The standard InChI is InChI=1S/C18H23N3O2S/c1-12-16(19-17(24-12)15-8-5-11-23-15)18(22)21-10-4-7-14(21)13-6-3-9-20(13)2/h5,8,11,13-14H,3-4,6-7,9-10H2,1-2H3/t13-,14-/m1/s1. The maximum Gasteiger partial charge on any atom is 0.273 e. The van der Waals surface area contributed by atoms with Gasteiger partial charge in [0.1, 0.15) is 5.69 Å². The van der Waals surface area contributed by atoms with Crippen molar-refractivity contribution >= 4 is 17.2 Å². The Morgan fingerprint density at radius 1 is 1.29 bits per heavy atom. The molecule has 2 aliphatic rings. The zero-order valence-corrected chi connectivity index (χ0v) is 15.0. The SMILES string of the molecule is Cc1sc(-c2ccco2)nc1C(=O)N1CCC[C@@H]1[C@H]1CCCN1C. The number of aryl methyl sites for hydroxylation is 1. The third-order valence-corrected chi connectivity index (χ3v) is 6.30. The molecule has 2 aromatic rings. The first-order valence-electron chi connectivity index (χ1n) is 8.67. The van der Waals surface area contributed by atoms with Gasteiger partial charge < -0.3 is 14.2 Å². The predicted molar refractivity (Wildman–Crippen MR) is 94.3 cm³/mol. The van der Waals surface area contributed by atoms with E-state index < -0.39 is 0 Å². The molecule has 2 aliphatic heterocycles. The molecule has 0 radical (unpaired) electrons. The van der Waals surface area contributed by atoms with Crippen LogP contribution in [0.25, 0.3) is 10.8 Å². The van der Waals surface area contributed by atoms with Gasteiger partial charge in [0.15, 0.2) is 10.8 Å². The molecular weight excluding hydrogens is 322 g/mol. The fourth-order valence-electron chi connectivity index (χ4n) is 4.10. The Balaban J connectivity index is 1.59. The number of hydrogen-bond acceptors (Lipinski definition) is 5. The highest BCUT2D eigenvalue weighted by Gasteiger charge is 2.39. The Morgan fingerprint density at radius 2 is 2.08 bits per heavy atom. The summed E-state index contributed by atoms with van der Waals surface area (Å²) in [6.45, 7) is 3.96. The second-order valence-electron chi connectivity index (χ2n) is 6.80. The van der Waals surface area contributed by atoms with Crippen LogP contribution in [0.1, 0.15) is 41.0 Å². The third-order valence-electron chi connectivity index (χ3n) is 5.31. The summed E-state index contributed by atoms with van der Waals surface area (Å²) in [5.41, 5.74) is 0.596. The van der Waals surface area contributed by atoms with Gasteiger partial charge in [-0.2, -0.15) is 0 Å². The van der Waals surface area contributed by atoms with Gasteiger partial charge in [-0.05, 0) is 58.3 Å². The molecule has 0 aromatic carbocycles. The number of amides is 1. The number of hydrogen-bond donors (Lipinski definition) is 0. The lowest BCUT2D eigenvalue weighted by atomic mass is 10.0. The Kier molecular flexibility index (Phi) is 4.18. The first-order chi connectivity index (χ1) is 11.6. The van der Waals surface area contributed by atoms with Crippen molar-refractivity contribution in [3.05, 3.63) is 29.0 Å². The molecule has 4 rings (SSSR count). The number of aromatic nitrogens is 1. The third kappa shape index (κ3) is 2.67. The number of thiazole rings is 1. The van der Waals surface area contributed by atoms with E-state index in [0.29, 0.717) is 17.8 Å². The molecule has 0 N–H and O–H groups in total. The summed E-state index contributed by atoms with van der Waals surface area (Å²) in [5, 5.41) is 0.787. The van der Waals surface area contributed by atoms with Crippen molar-refractivity contribution in [2.24, 2.45) is 0 Å². The van der Waals surface area contributed by atoms with Crippen LogP contribution in [0.4, 0.5) is 0 Å². The van der Waals surface area contributed by atoms with Crippen molar-refractivity contribution < 1.29 is 9.21 Å². The first kappa shape index (κ1) is 15.8. The van der Waals surface area contributed by atoms with Crippen molar-refractivity contribution in [3.8, 4) is 10.8 Å². The van der Waals surface area contributed by atoms with Gasteiger partial charge in [-0.3, -0.25) is 4.79 Å².